The number of thiocarbonyl (C=S) groups is 1. The van der Waals surface area contributed by atoms with Gasteiger partial charge in [0.15, 0.2) is 5.11 Å². The molecule has 0 amide bonds. The Bertz CT molecular complexity index is 519. The monoisotopic (exact) mass is 321 g/mol. The second-order valence-corrected chi connectivity index (χ2v) is 6.85. The lowest BCUT2D eigenvalue weighted by atomic mass is 9.74. The molecule has 4 rings (SSSR count). The molecule has 0 spiro atoms. The van der Waals surface area contributed by atoms with Gasteiger partial charge in [-0.1, -0.05) is 13.3 Å². The number of hydrogen-bond donors (Lipinski definition) is 2. The summed E-state index contributed by atoms with van der Waals surface area (Å²) in [4.78, 5) is 2.61. The van der Waals surface area contributed by atoms with Gasteiger partial charge < -0.3 is 10.6 Å². The van der Waals surface area contributed by atoms with Crippen molar-refractivity contribution in [2.45, 2.75) is 32.2 Å². The Hall–Kier alpha value is -1.20. The molecule has 22 heavy (non-hydrogen) atoms. The van der Waals surface area contributed by atoms with Crippen LogP contribution in [0.25, 0.3) is 0 Å². The van der Waals surface area contributed by atoms with Gasteiger partial charge in [-0.05, 0) is 67.7 Å². The summed E-state index contributed by atoms with van der Waals surface area (Å²) < 4.78 is 12.9. The summed E-state index contributed by atoms with van der Waals surface area (Å²) in [6.07, 6.45) is 3.93. The predicted molar refractivity (Wildman–Crippen MR) is 92.5 cm³/mol. The van der Waals surface area contributed by atoms with Crippen LogP contribution in [0.5, 0.6) is 0 Å². The van der Waals surface area contributed by atoms with Gasteiger partial charge in [0, 0.05) is 24.8 Å². The Labute approximate surface area is 137 Å². The number of anilines is 1. The van der Waals surface area contributed by atoms with E-state index >= 15 is 0 Å². The molecule has 3 saturated heterocycles. The zero-order chi connectivity index (χ0) is 15.5. The Kier molecular flexibility index (Phi) is 4.93. The number of hydrogen-bond acceptors (Lipinski definition) is 2. The van der Waals surface area contributed by atoms with Crippen molar-refractivity contribution < 1.29 is 4.39 Å². The van der Waals surface area contributed by atoms with Crippen molar-refractivity contribution in [3.8, 4) is 0 Å². The van der Waals surface area contributed by atoms with Gasteiger partial charge in [-0.2, -0.15) is 0 Å². The molecule has 3 aliphatic rings. The fourth-order valence-electron chi connectivity index (χ4n) is 3.84. The summed E-state index contributed by atoms with van der Waals surface area (Å²) in [7, 11) is 0. The highest BCUT2D eigenvalue weighted by Gasteiger charge is 2.38. The van der Waals surface area contributed by atoms with E-state index in [2.05, 4.69) is 22.5 Å². The average molecular weight is 321 g/mol. The van der Waals surface area contributed by atoms with Crippen molar-refractivity contribution >= 4 is 23.0 Å². The lowest BCUT2D eigenvalue weighted by molar-refractivity contribution is 0.00212. The smallest absolute Gasteiger partial charge is 0.170 e. The molecular formula is C17H24FN3S. The topological polar surface area (TPSA) is 27.3 Å². The van der Waals surface area contributed by atoms with Crippen LogP contribution in [0.2, 0.25) is 0 Å². The molecule has 0 saturated carbocycles. The van der Waals surface area contributed by atoms with Crippen molar-refractivity contribution in [3.63, 3.8) is 0 Å². The second-order valence-electron chi connectivity index (χ2n) is 6.44. The maximum atomic E-state index is 12.9. The van der Waals surface area contributed by atoms with Crippen molar-refractivity contribution in [1.82, 2.24) is 10.2 Å². The molecule has 0 aromatic heterocycles. The third-order valence-electron chi connectivity index (χ3n) is 5.14. The Morgan fingerprint density at radius 1 is 1.36 bits per heavy atom. The summed E-state index contributed by atoms with van der Waals surface area (Å²) in [5, 5.41) is 7.04. The first-order chi connectivity index (χ1) is 10.7. The fourth-order valence-corrected chi connectivity index (χ4v) is 4.04. The minimum absolute atomic E-state index is 0.235. The van der Waals surface area contributed by atoms with Crippen molar-refractivity contribution in [2.75, 3.05) is 25.0 Å². The Morgan fingerprint density at radius 3 is 2.77 bits per heavy atom. The number of benzene rings is 1. The lowest BCUT2D eigenvalue weighted by Crippen LogP contribution is -2.56. The minimum Gasteiger partial charge on any atom is -0.361 e. The largest absolute Gasteiger partial charge is 0.361 e. The summed E-state index contributed by atoms with van der Waals surface area (Å²) >= 11 is 5.33. The van der Waals surface area contributed by atoms with Crippen molar-refractivity contribution in [2.24, 2.45) is 11.8 Å². The third kappa shape index (κ3) is 3.58. The molecule has 120 valence electrons. The normalized spacial score (nSPS) is 30.1. The lowest BCUT2D eigenvalue weighted by Gasteiger charge is -2.50. The molecule has 0 radical (unpaired) electrons. The first kappa shape index (κ1) is 15.7. The van der Waals surface area contributed by atoms with Gasteiger partial charge in [-0.25, -0.2) is 4.39 Å². The average Bonchev–Trinajstić information content (AvgIpc) is 2.55. The van der Waals surface area contributed by atoms with Gasteiger partial charge in [-0.15, -0.1) is 0 Å². The highest BCUT2D eigenvalue weighted by Crippen LogP contribution is 2.37. The molecule has 1 aromatic rings. The number of halogens is 1. The van der Waals surface area contributed by atoms with Gasteiger partial charge in [0.25, 0.3) is 0 Å². The molecule has 4 atom stereocenters. The van der Waals surface area contributed by atoms with Crippen LogP contribution < -0.4 is 10.6 Å². The van der Waals surface area contributed by atoms with E-state index in [1.54, 1.807) is 12.1 Å². The van der Waals surface area contributed by atoms with Crippen LogP contribution >= 0.6 is 12.2 Å². The molecular weight excluding hydrogens is 297 g/mol. The second kappa shape index (κ2) is 6.92. The quantitative estimate of drug-likeness (QED) is 0.833. The summed E-state index contributed by atoms with van der Waals surface area (Å²) in [6, 6.07) is 6.85. The van der Waals surface area contributed by atoms with E-state index in [1.165, 1.54) is 44.5 Å². The van der Waals surface area contributed by atoms with Crippen molar-refractivity contribution in [1.29, 1.82) is 0 Å². The van der Waals surface area contributed by atoms with Gasteiger partial charge in [-0.3, -0.25) is 4.90 Å². The number of nitrogens with one attached hydrogen (secondary N) is 2. The zero-order valence-electron chi connectivity index (χ0n) is 13.0. The van der Waals surface area contributed by atoms with E-state index in [9.17, 15) is 4.39 Å². The van der Waals surface area contributed by atoms with Gasteiger partial charge >= 0.3 is 0 Å². The van der Waals surface area contributed by atoms with E-state index < -0.39 is 0 Å². The minimum atomic E-state index is -0.235. The fraction of sp³-hybridized carbons (Fsp3) is 0.588. The molecule has 5 heteroatoms. The van der Waals surface area contributed by atoms with E-state index in [-0.39, 0.29) is 5.82 Å². The molecule has 0 aliphatic carbocycles. The molecule has 2 N–H and O–H groups in total. The highest BCUT2D eigenvalue weighted by molar-refractivity contribution is 7.80. The molecule has 3 nitrogen and oxygen atoms in total. The number of fused-ring (bicyclic) bond motifs is 3. The Balaban J connectivity index is 1.47. The maximum Gasteiger partial charge on any atom is 0.170 e. The van der Waals surface area contributed by atoms with E-state index in [1.807, 2.05) is 0 Å². The Morgan fingerprint density at radius 2 is 2.14 bits per heavy atom. The molecule has 4 unspecified atom stereocenters. The first-order valence-electron chi connectivity index (χ1n) is 8.20. The number of piperidine rings is 3. The SMILES string of the molecule is CCC1CN2CCC1CC2CNC(=S)Nc1ccc(F)cc1. The number of nitrogens with zero attached hydrogens (tertiary/aromatic N) is 1. The van der Waals surface area contributed by atoms with Crippen molar-refractivity contribution in [3.05, 3.63) is 30.1 Å². The van der Waals surface area contributed by atoms with E-state index in [0.29, 0.717) is 11.2 Å². The third-order valence-corrected chi connectivity index (χ3v) is 5.39. The van der Waals surface area contributed by atoms with Crippen LogP contribution in [0.3, 0.4) is 0 Å². The maximum absolute atomic E-state index is 12.9. The van der Waals surface area contributed by atoms with Crippen LogP contribution in [-0.4, -0.2) is 35.7 Å². The van der Waals surface area contributed by atoms with Crippen LogP contribution in [0.15, 0.2) is 24.3 Å². The summed E-state index contributed by atoms with van der Waals surface area (Å²) in [6.45, 7) is 5.67. The summed E-state index contributed by atoms with van der Waals surface area (Å²) in [5.41, 5.74) is 0.815. The van der Waals surface area contributed by atoms with Crippen LogP contribution in [0, 0.1) is 17.7 Å². The molecule has 3 fully saturated rings. The molecule has 3 aliphatic heterocycles. The van der Waals surface area contributed by atoms with E-state index in [4.69, 9.17) is 12.2 Å². The summed E-state index contributed by atoms with van der Waals surface area (Å²) in [5.74, 6) is 1.54. The molecule has 2 bridgehead atoms. The predicted octanol–water partition coefficient (Wildman–Crippen LogP) is 3.23. The van der Waals surface area contributed by atoms with Crippen LogP contribution in [-0.2, 0) is 0 Å². The van der Waals surface area contributed by atoms with Crippen LogP contribution in [0.1, 0.15) is 26.2 Å². The van der Waals surface area contributed by atoms with Gasteiger partial charge in [0.2, 0.25) is 0 Å². The van der Waals surface area contributed by atoms with E-state index in [0.717, 1.165) is 24.1 Å². The molecule has 3 heterocycles. The molecule has 1 aromatic carbocycles. The zero-order valence-corrected chi connectivity index (χ0v) is 13.8. The first-order valence-corrected chi connectivity index (χ1v) is 8.61. The van der Waals surface area contributed by atoms with Gasteiger partial charge in [0.05, 0.1) is 0 Å². The van der Waals surface area contributed by atoms with Gasteiger partial charge in [0.1, 0.15) is 5.82 Å². The highest BCUT2D eigenvalue weighted by atomic mass is 32.1. The van der Waals surface area contributed by atoms with Crippen LogP contribution in [0.4, 0.5) is 10.1 Å². The standard InChI is InChI=1S/C17H24FN3S/c1-2-12-11-21-8-7-13(12)9-16(21)10-19-17(22)20-15-5-3-14(18)4-6-15/h3-6,12-13,16H,2,7-11H2,1H3,(H2,19,20,22). The number of rotatable bonds is 4.